The van der Waals surface area contributed by atoms with Crippen LogP contribution in [0.3, 0.4) is 0 Å². The van der Waals surface area contributed by atoms with Crippen molar-refractivity contribution in [3.8, 4) is 0 Å². The van der Waals surface area contributed by atoms with Gasteiger partial charge in [0.05, 0.1) is 5.56 Å². The number of likely N-dealkylation sites (tertiary alicyclic amines) is 1. The van der Waals surface area contributed by atoms with Crippen LogP contribution >= 0.6 is 0 Å². The summed E-state index contributed by atoms with van der Waals surface area (Å²) >= 11 is 0. The third-order valence-electron chi connectivity index (χ3n) is 4.98. The predicted molar refractivity (Wildman–Crippen MR) is 107 cm³/mol. The minimum absolute atomic E-state index is 0.0387. The molecule has 1 aliphatic rings. The van der Waals surface area contributed by atoms with E-state index in [0.29, 0.717) is 32.0 Å². The third kappa shape index (κ3) is 6.55. The van der Waals surface area contributed by atoms with Crippen molar-refractivity contribution in [1.29, 1.82) is 0 Å². The van der Waals surface area contributed by atoms with Crippen molar-refractivity contribution < 1.29 is 19.5 Å². The van der Waals surface area contributed by atoms with E-state index in [1.807, 2.05) is 4.90 Å². The number of piperidine rings is 1. The van der Waals surface area contributed by atoms with E-state index in [2.05, 4.69) is 19.2 Å². The lowest BCUT2D eigenvalue weighted by Gasteiger charge is -2.33. The fraction of sp³-hybridized carbons (Fsp3) is 0.571. The lowest BCUT2D eigenvalue weighted by Crippen LogP contribution is -2.47. The highest BCUT2D eigenvalue weighted by Gasteiger charge is 2.26. The topological polar surface area (TPSA) is 90.0 Å². The summed E-state index contributed by atoms with van der Waals surface area (Å²) in [6.45, 7) is 6.55. The Hall–Kier alpha value is -2.57. The number of nitrogens with zero attached hydrogens (tertiary/aromatic N) is 2. The molecule has 0 bridgehead atoms. The molecule has 7 heteroatoms. The zero-order valence-corrected chi connectivity index (χ0v) is 17.0. The molecule has 2 rings (SSSR count). The first-order valence-electron chi connectivity index (χ1n) is 9.85. The van der Waals surface area contributed by atoms with Gasteiger partial charge < -0.3 is 20.2 Å². The van der Waals surface area contributed by atoms with Crippen molar-refractivity contribution in [2.45, 2.75) is 39.7 Å². The number of carboxylic acids is 1. The Balaban J connectivity index is 1.83. The molecule has 1 aliphatic heterocycles. The first-order valence-corrected chi connectivity index (χ1v) is 9.85. The van der Waals surface area contributed by atoms with Crippen LogP contribution in [0, 0.1) is 11.8 Å². The Kier molecular flexibility index (Phi) is 7.84. The molecule has 0 aliphatic carbocycles. The van der Waals surface area contributed by atoms with Gasteiger partial charge in [-0.2, -0.15) is 0 Å². The van der Waals surface area contributed by atoms with Crippen LogP contribution in [-0.2, 0) is 11.3 Å². The van der Waals surface area contributed by atoms with E-state index in [4.69, 9.17) is 5.11 Å². The fourth-order valence-electron chi connectivity index (χ4n) is 3.34. The Labute approximate surface area is 166 Å². The number of carbonyl (C=O) groups excluding carboxylic acids is 2. The van der Waals surface area contributed by atoms with Crippen LogP contribution in [0.15, 0.2) is 24.3 Å². The van der Waals surface area contributed by atoms with Crippen LogP contribution in [-0.4, -0.2) is 59.5 Å². The number of aromatic carboxylic acids is 1. The van der Waals surface area contributed by atoms with Crippen LogP contribution in [0.4, 0.5) is 4.79 Å². The standard InChI is InChI=1S/C21H31N3O4/c1-15(2)12-22-21(28)24-10-4-5-17(14-24)11-19(25)23(3)13-16-6-8-18(9-7-16)20(26)27/h6-9,15,17H,4-5,10-14H2,1-3H3,(H,22,28)(H,26,27). The lowest BCUT2D eigenvalue weighted by molar-refractivity contribution is -0.131. The monoisotopic (exact) mass is 389 g/mol. The Morgan fingerprint density at radius 2 is 1.93 bits per heavy atom. The zero-order valence-electron chi connectivity index (χ0n) is 17.0. The van der Waals surface area contributed by atoms with Crippen LogP contribution in [0.2, 0.25) is 0 Å². The number of carboxylic acid groups (broad SMARTS) is 1. The van der Waals surface area contributed by atoms with Crippen LogP contribution in [0.1, 0.15) is 49.0 Å². The lowest BCUT2D eigenvalue weighted by atomic mass is 9.94. The minimum atomic E-state index is -0.963. The molecule has 0 radical (unpaired) electrons. The average molecular weight is 389 g/mol. The second-order valence-corrected chi connectivity index (χ2v) is 7.99. The van der Waals surface area contributed by atoms with Crippen molar-refractivity contribution >= 4 is 17.9 Å². The second kappa shape index (κ2) is 10.1. The van der Waals surface area contributed by atoms with Crippen molar-refractivity contribution in [3.63, 3.8) is 0 Å². The van der Waals surface area contributed by atoms with Gasteiger partial charge in [-0.3, -0.25) is 4.79 Å². The number of hydrogen-bond acceptors (Lipinski definition) is 3. The third-order valence-corrected chi connectivity index (χ3v) is 4.98. The van der Waals surface area contributed by atoms with Gasteiger partial charge in [-0.1, -0.05) is 26.0 Å². The van der Waals surface area contributed by atoms with E-state index in [0.717, 1.165) is 24.9 Å². The first kappa shape index (κ1) is 21.7. The average Bonchev–Trinajstić information content (AvgIpc) is 2.66. The van der Waals surface area contributed by atoms with Gasteiger partial charge >= 0.3 is 12.0 Å². The van der Waals surface area contributed by atoms with Gasteiger partial charge in [-0.05, 0) is 42.4 Å². The molecule has 1 atom stereocenters. The van der Waals surface area contributed by atoms with Gasteiger partial charge in [-0.15, -0.1) is 0 Å². The van der Waals surface area contributed by atoms with Gasteiger partial charge in [0.15, 0.2) is 0 Å². The summed E-state index contributed by atoms with van der Waals surface area (Å²) in [7, 11) is 1.75. The van der Waals surface area contributed by atoms with Crippen molar-refractivity contribution in [2.24, 2.45) is 11.8 Å². The van der Waals surface area contributed by atoms with Gasteiger partial charge in [0.1, 0.15) is 0 Å². The Morgan fingerprint density at radius 1 is 1.25 bits per heavy atom. The molecule has 1 aromatic rings. The molecule has 0 saturated carbocycles. The Bertz CT molecular complexity index is 687. The SMILES string of the molecule is CC(C)CNC(=O)N1CCCC(CC(=O)N(C)Cc2ccc(C(=O)O)cc2)C1. The highest BCUT2D eigenvalue weighted by Crippen LogP contribution is 2.21. The van der Waals surface area contributed by atoms with Gasteiger partial charge in [-0.25, -0.2) is 9.59 Å². The van der Waals surface area contributed by atoms with Gasteiger partial charge in [0.25, 0.3) is 0 Å². The van der Waals surface area contributed by atoms with E-state index in [9.17, 15) is 14.4 Å². The van der Waals surface area contributed by atoms with Crippen LogP contribution < -0.4 is 5.32 Å². The number of hydrogen-bond donors (Lipinski definition) is 2. The largest absolute Gasteiger partial charge is 0.478 e. The maximum atomic E-state index is 12.6. The highest BCUT2D eigenvalue weighted by molar-refractivity contribution is 5.87. The number of rotatable bonds is 7. The summed E-state index contributed by atoms with van der Waals surface area (Å²) in [4.78, 5) is 39.2. The molecular weight excluding hydrogens is 358 g/mol. The first-order chi connectivity index (χ1) is 13.3. The molecule has 1 heterocycles. The van der Waals surface area contributed by atoms with E-state index >= 15 is 0 Å². The normalized spacial score (nSPS) is 16.7. The number of urea groups is 1. The van der Waals surface area contributed by atoms with Gasteiger partial charge in [0.2, 0.25) is 5.91 Å². The number of benzene rings is 1. The molecule has 1 unspecified atom stereocenters. The molecule has 7 nitrogen and oxygen atoms in total. The summed E-state index contributed by atoms with van der Waals surface area (Å²) < 4.78 is 0. The van der Waals surface area contributed by atoms with Crippen LogP contribution in [0.5, 0.6) is 0 Å². The van der Waals surface area contributed by atoms with E-state index in [1.165, 1.54) is 0 Å². The Morgan fingerprint density at radius 3 is 2.54 bits per heavy atom. The molecule has 1 fully saturated rings. The number of amides is 3. The molecular formula is C21H31N3O4. The van der Waals surface area contributed by atoms with E-state index < -0.39 is 5.97 Å². The molecule has 0 spiro atoms. The maximum Gasteiger partial charge on any atom is 0.335 e. The summed E-state index contributed by atoms with van der Waals surface area (Å²) in [5, 5.41) is 11.9. The molecule has 3 amide bonds. The van der Waals surface area contributed by atoms with Crippen molar-refractivity contribution in [2.75, 3.05) is 26.7 Å². The van der Waals surface area contributed by atoms with E-state index in [-0.39, 0.29) is 23.4 Å². The van der Waals surface area contributed by atoms with E-state index in [1.54, 1.807) is 36.2 Å². The van der Waals surface area contributed by atoms with Crippen molar-refractivity contribution in [3.05, 3.63) is 35.4 Å². The molecule has 1 saturated heterocycles. The summed E-state index contributed by atoms with van der Waals surface area (Å²) in [6.07, 6.45) is 2.27. The van der Waals surface area contributed by atoms with Crippen molar-refractivity contribution in [1.82, 2.24) is 15.1 Å². The van der Waals surface area contributed by atoms with Crippen LogP contribution in [0.25, 0.3) is 0 Å². The second-order valence-electron chi connectivity index (χ2n) is 7.99. The smallest absolute Gasteiger partial charge is 0.335 e. The summed E-state index contributed by atoms with van der Waals surface area (Å²) in [6, 6.07) is 6.51. The highest BCUT2D eigenvalue weighted by atomic mass is 16.4. The quantitative estimate of drug-likeness (QED) is 0.750. The zero-order chi connectivity index (χ0) is 20.7. The molecule has 154 valence electrons. The minimum Gasteiger partial charge on any atom is -0.478 e. The molecule has 0 aromatic heterocycles. The fourth-order valence-corrected chi connectivity index (χ4v) is 3.34. The number of nitrogens with one attached hydrogen (secondary N) is 1. The summed E-state index contributed by atoms with van der Waals surface area (Å²) in [5.41, 5.74) is 1.12. The molecule has 1 aromatic carbocycles. The number of carbonyl (C=O) groups is 3. The van der Waals surface area contributed by atoms with Gasteiger partial charge in [0, 0.05) is 39.6 Å². The molecule has 2 N–H and O–H groups in total. The molecule has 28 heavy (non-hydrogen) atoms. The predicted octanol–water partition coefficient (Wildman–Crippen LogP) is 2.81. The summed E-state index contributed by atoms with van der Waals surface area (Å²) in [5.74, 6) is -0.348. The maximum absolute atomic E-state index is 12.6.